The van der Waals surface area contributed by atoms with E-state index in [1.54, 1.807) is 6.08 Å². The van der Waals surface area contributed by atoms with Gasteiger partial charge in [-0.2, -0.15) is 0 Å². The lowest BCUT2D eigenvalue weighted by molar-refractivity contribution is -0.147. The maximum absolute atomic E-state index is 11.6. The van der Waals surface area contributed by atoms with Crippen molar-refractivity contribution in [2.75, 3.05) is 6.61 Å². The predicted molar refractivity (Wildman–Crippen MR) is 104 cm³/mol. The van der Waals surface area contributed by atoms with E-state index >= 15 is 0 Å². The van der Waals surface area contributed by atoms with E-state index in [1.807, 2.05) is 24.3 Å². The first-order valence-corrected chi connectivity index (χ1v) is 9.84. The molecule has 1 N–H and O–H groups in total. The predicted octanol–water partition coefficient (Wildman–Crippen LogP) is 3.01. The lowest BCUT2D eigenvalue weighted by Crippen LogP contribution is -2.22. The Kier molecular flexibility index (Phi) is 6.56. The number of esters is 2. The summed E-state index contributed by atoms with van der Waals surface area (Å²) in [6, 6.07) is 5.94. The van der Waals surface area contributed by atoms with Gasteiger partial charge in [-0.05, 0) is 18.4 Å². The third kappa shape index (κ3) is 4.96. The van der Waals surface area contributed by atoms with Crippen molar-refractivity contribution >= 4 is 17.9 Å². The molecule has 2 aliphatic rings. The van der Waals surface area contributed by atoms with Crippen molar-refractivity contribution in [3.8, 4) is 5.75 Å². The molecule has 1 fully saturated rings. The van der Waals surface area contributed by atoms with Gasteiger partial charge in [0.15, 0.2) is 0 Å². The zero-order valence-corrected chi connectivity index (χ0v) is 16.6. The molecule has 7 heteroatoms. The zero-order valence-electron chi connectivity index (χ0n) is 16.6. The van der Waals surface area contributed by atoms with Gasteiger partial charge in [-0.3, -0.25) is 14.4 Å². The first kappa shape index (κ1) is 20.9. The van der Waals surface area contributed by atoms with Crippen molar-refractivity contribution in [3.63, 3.8) is 0 Å². The van der Waals surface area contributed by atoms with Crippen molar-refractivity contribution in [2.45, 2.75) is 57.7 Å². The number of rotatable bonds is 8. The standard InChI is InChI=1S/C22H26O7/c1-13(23)27-11-5-9-16-18(28-14(2)24)12-19-21(16)17-8-3-6-15(22(17)29-19)7-4-10-20(25)26/h3,5-6,8-9,16,18-19,21H,4,7,10-12H2,1-2H3,(H,25,26)/b9-5+/t16-,18+,19-,21-/m0/s1. The van der Waals surface area contributed by atoms with Crippen molar-refractivity contribution in [2.24, 2.45) is 5.92 Å². The summed E-state index contributed by atoms with van der Waals surface area (Å²) in [6.45, 7) is 2.91. The van der Waals surface area contributed by atoms with Gasteiger partial charge in [-0.15, -0.1) is 0 Å². The molecule has 1 aliphatic carbocycles. The van der Waals surface area contributed by atoms with Gasteiger partial charge in [0.2, 0.25) is 0 Å². The van der Waals surface area contributed by atoms with Gasteiger partial charge in [0.25, 0.3) is 0 Å². The molecule has 4 atom stereocenters. The summed E-state index contributed by atoms with van der Waals surface area (Å²) in [7, 11) is 0. The van der Waals surface area contributed by atoms with Crippen LogP contribution in [0.3, 0.4) is 0 Å². The molecule has 3 rings (SSSR count). The number of ether oxygens (including phenoxy) is 3. The second-order valence-corrected chi connectivity index (χ2v) is 7.46. The zero-order chi connectivity index (χ0) is 21.0. The minimum absolute atomic E-state index is 0.0300. The monoisotopic (exact) mass is 402 g/mol. The molecule has 0 unspecified atom stereocenters. The molecule has 0 saturated heterocycles. The molecule has 7 nitrogen and oxygen atoms in total. The largest absolute Gasteiger partial charge is 0.489 e. The average molecular weight is 402 g/mol. The minimum atomic E-state index is -0.808. The maximum atomic E-state index is 11.6. The molecule has 156 valence electrons. The summed E-state index contributed by atoms with van der Waals surface area (Å²) in [5, 5.41) is 8.88. The molecule has 0 radical (unpaired) electrons. The van der Waals surface area contributed by atoms with E-state index in [-0.39, 0.29) is 49.0 Å². The number of fused-ring (bicyclic) bond motifs is 3. The SMILES string of the molecule is CC(=O)OC/C=C/[C@@H]1[C@H]2c3cccc(CCCC(=O)O)c3O[C@H]2C[C@H]1OC(C)=O. The Labute approximate surface area is 169 Å². The Morgan fingerprint density at radius 3 is 2.72 bits per heavy atom. The number of aryl methyl sites for hydroxylation is 1. The highest BCUT2D eigenvalue weighted by Gasteiger charge is 2.50. The summed E-state index contributed by atoms with van der Waals surface area (Å²) in [5.41, 5.74) is 2.06. The van der Waals surface area contributed by atoms with Crippen molar-refractivity contribution in [1.29, 1.82) is 0 Å². The molecule has 0 amide bonds. The smallest absolute Gasteiger partial charge is 0.303 e. The Hall–Kier alpha value is -2.83. The van der Waals surface area contributed by atoms with Gasteiger partial charge in [0.1, 0.15) is 24.6 Å². The highest BCUT2D eigenvalue weighted by atomic mass is 16.6. The molecule has 1 aliphatic heterocycles. The highest BCUT2D eigenvalue weighted by Crippen LogP contribution is 2.52. The first-order chi connectivity index (χ1) is 13.9. The number of hydrogen-bond acceptors (Lipinski definition) is 6. The van der Waals surface area contributed by atoms with Crippen molar-refractivity contribution < 1.29 is 33.7 Å². The minimum Gasteiger partial charge on any atom is -0.489 e. The Balaban J connectivity index is 1.81. The van der Waals surface area contributed by atoms with Crippen LogP contribution in [-0.4, -0.2) is 41.8 Å². The van der Waals surface area contributed by atoms with Gasteiger partial charge in [0, 0.05) is 44.1 Å². The van der Waals surface area contributed by atoms with Crippen LogP contribution in [0.25, 0.3) is 0 Å². The molecule has 1 saturated carbocycles. The molecule has 0 spiro atoms. The van der Waals surface area contributed by atoms with Gasteiger partial charge < -0.3 is 19.3 Å². The molecule has 1 heterocycles. The summed E-state index contributed by atoms with van der Waals surface area (Å²) < 4.78 is 16.7. The molecule has 29 heavy (non-hydrogen) atoms. The topological polar surface area (TPSA) is 99.1 Å². The van der Waals surface area contributed by atoms with Crippen LogP contribution >= 0.6 is 0 Å². The van der Waals surface area contributed by atoms with E-state index in [0.717, 1.165) is 16.9 Å². The summed E-state index contributed by atoms with van der Waals surface area (Å²) in [6.07, 6.45) is 5.18. The number of hydrogen-bond donors (Lipinski definition) is 1. The molecule has 1 aromatic carbocycles. The number of carbonyl (C=O) groups is 3. The van der Waals surface area contributed by atoms with Crippen LogP contribution in [0, 0.1) is 5.92 Å². The fourth-order valence-corrected chi connectivity index (χ4v) is 4.29. The first-order valence-electron chi connectivity index (χ1n) is 9.84. The quantitative estimate of drug-likeness (QED) is 0.527. The van der Waals surface area contributed by atoms with Gasteiger partial charge >= 0.3 is 17.9 Å². The average Bonchev–Trinajstić information content (AvgIpc) is 3.14. The Bertz CT molecular complexity index is 813. The van der Waals surface area contributed by atoms with E-state index < -0.39 is 5.97 Å². The van der Waals surface area contributed by atoms with Crippen molar-refractivity contribution in [1.82, 2.24) is 0 Å². The molecule has 0 aromatic heterocycles. The lowest BCUT2D eigenvalue weighted by atomic mass is 9.86. The van der Waals surface area contributed by atoms with Crippen LogP contribution in [0.4, 0.5) is 0 Å². The van der Waals surface area contributed by atoms with Crippen LogP contribution in [0.5, 0.6) is 5.75 Å². The van der Waals surface area contributed by atoms with Crippen LogP contribution in [-0.2, 0) is 30.3 Å². The number of benzene rings is 1. The molecular weight excluding hydrogens is 376 g/mol. The van der Waals surface area contributed by atoms with Crippen LogP contribution in [0.15, 0.2) is 30.4 Å². The van der Waals surface area contributed by atoms with Crippen molar-refractivity contribution in [3.05, 3.63) is 41.5 Å². The van der Waals surface area contributed by atoms with E-state index in [1.165, 1.54) is 13.8 Å². The normalized spacial score (nSPS) is 24.6. The van der Waals surface area contributed by atoms with E-state index in [4.69, 9.17) is 19.3 Å². The second kappa shape index (κ2) is 9.11. The third-order valence-electron chi connectivity index (χ3n) is 5.36. The maximum Gasteiger partial charge on any atom is 0.303 e. The van der Waals surface area contributed by atoms with Gasteiger partial charge in [0.05, 0.1) is 0 Å². The summed E-state index contributed by atoms with van der Waals surface area (Å²) >= 11 is 0. The highest BCUT2D eigenvalue weighted by molar-refractivity contribution is 5.67. The van der Waals surface area contributed by atoms with Crippen LogP contribution in [0.2, 0.25) is 0 Å². The molecular formula is C22H26O7. The number of carboxylic acids is 1. The number of carbonyl (C=O) groups excluding carboxylic acids is 2. The van der Waals surface area contributed by atoms with Gasteiger partial charge in [-0.1, -0.05) is 30.4 Å². The Morgan fingerprint density at radius 1 is 1.24 bits per heavy atom. The lowest BCUT2D eigenvalue weighted by Gasteiger charge is -2.21. The van der Waals surface area contributed by atoms with Crippen LogP contribution < -0.4 is 4.74 Å². The third-order valence-corrected chi connectivity index (χ3v) is 5.36. The number of para-hydroxylation sites is 1. The fourth-order valence-electron chi connectivity index (χ4n) is 4.29. The molecule has 0 bridgehead atoms. The molecule has 1 aromatic rings. The number of aliphatic carboxylic acids is 1. The second-order valence-electron chi connectivity index (χ2n) is 7.46. The van der Waals surface area contributed by atoms with E-state index in [2.05, 4.69) is 0 Å². The van der Waals surface area contributed by atoms with E-state index in [0.29, 0.717) is 19.3 Å². The number of carboxylic acid groups (broad SMARTS) is 1. The fraction of sp³-hybridized carbons (Fsp3) is 0.500. The van der Waals surface area contributed by atoms with Crippen LogP contribution in [0.1, 0.15) is 50.2 Å². The Morgan fingerprint density at radius 2 is 2.03 bits per heavy atom. The summed E-state index contributed by atoms with van der Waals surface area (Å²) in [4.78, 5) is 33.3. The summed E-state index contributed by atoms with van der Waals surface area (Å²) in [5.74, 6) is -0.727. The van der Waals surface area contributed by atoms with E-state index in [9.17, 15) is 14.4 Å². The van der Waals surface area contributed by atoms with Gasteiger partial charge in [-0.25, -0.2) is 0 Å².